The maximum Gasteiger partial charge on any atom is 0.354 e. The van der Waals surface area contributed by atoms with Crippen LogP contribution in [0.5, 0.6) is 0 Å². The Hall–Kier alpha value is -1.33. The zero-order valence-electron chi connectivity index (χ0n) is 11.8. The molecule has 0 aliphatic heterocycles. The molecule has 0 atom stereocenters. The number of benzene rings is 2. The summed E-state index contributed by atoms with van der Waals surface area (Å²) in [4.78, 5) is 16.5. The maximum absolute atomic E-state index is 11.6. The van der Waals surface area contributed by atoms with E-state index in [0.29, 0.717) is 20.8 Å². The van der Waals surface area contributed by atoms with E-state index in [-0.39, 0.29) is 0 Å². The van der Waals surface area contributed by atoms with E-state index in [1.54, 1.807) is 18.2 Å². The van der Waals surface area contributed by atoms with Gasteiger partial charge in [-0.05, 0) is 36.4 Å². The maximum atomic E-state index is 11.6. The predicted octanol–water partition coefficient (Wildman–Crippen LogP) is 6.07. The van der Waals surface area contributed by atoms with E-state index in [4.69, 9.17) is 39.5 Å². The van der Waals surface area contributed by atoms with Gasteiger partial charge < -0.3 is 9.72 Å². The van der Waals surface area contributed by atoms with Gasteiger partial charge in [0.1, 0.15) is 5.69 Å². The second-order valence-electron chi connectivity index (χ2n) is 4.72. The Bertz CT molecular complexity index is 908. The third-order valence-corrected chi connectivity index (χ3v) is 5.21. The standard InChI is InChI=1S/C16H10Cl3NO2S/c1-22-16(21)15-7-10-12(18)5-9(6-14(10)20-15)23-8-2-3-11(17)13(19)4-8/h2-7,20H,1H3. The summed E-state index contributed by atoms with van der Waals surface area (Å²) >= 11 is 19.8. The van der Waals surface area contributed by atoms with Crippen LogP contribution < -0.4 is 0 Å². The molecule has 23 heavy (non-hydrogen) atoms. The summed E-state index contributed by atoms with van der Waals surface area (Å²) in [5.41, 5.74) is 1.13. The molecule has 7 heteroatoms. The van der Waals surface area contributed by atoms with Crippen molar-refractivity contribution in [3.05, 3.63) is 57.2 Å². The molecule has 0 amide bonds. The van der Waals surface area contributed by atoms with E-state index in [2.05, 4.69) is 4.98 Å². The molecule has 0 spiro atoms. The number of H-pyrrole nitrogens is 1. The van der Waals surface area contributed by atoms with Crippen LogP contribution in [0.1, 0.15) is 10.5 Å². The number of halogens is 3. The fourth-order valence-corrected chi connectivity index (χ4v) is 3.76. The SMILES string of the molecule is COC(=O)c1cc2c(Cl)cc(Sc3ccc(Cl)c(Cl)c3)cc2[nH]1. The van der Waals surface area contributed by atoms with Crippen molar-refractivity contribution in [1.29, 1.82) is 0 Å². The van der Waals surface area contributed by atoms with Gasteiger partial charge in [-0.25, -0.2) is 4.79 Å². The van der Waals surface area contributed by atoms with Crippen molar-refractivity contribution < 1.29 is 9.53 Å². The summed E-state index contributed by atoms with van der Waals surface area (Å²) in [5.74, 6) is -0.434. The number of hydrogen-bond donors (Lipinski definition) is 1. The van der Waals surface area contributed by atoms with Crippen molar-refractivity contribution >= 4 is 63.4 Å². The number of fused-ring (bicyclic) bond motifs is 1. The third-order valence-electron chi connectivity index (χ3n) is 3.19. The minimum Gasteiger partial charge on any atom is -0.464 e. The van der Waals surface area contributed by atoms with Gasteiger partial charge >= 0.3 is 5.97 Å². The molecule has 0 fully saturated rings. The lowest BCUT2D eigenvalue weighted by atomic mass is 10.2. The first-order valence-corrected chi connectivity index (χ1v) is 8.46. The molecule has 1 aromatic heterocycles. The molecule has 0 aliphatic carbocycles. The highest BCUT2D eigenvalue weighted by atomic mass is 35.5. The van der Waals surface area contributed by atoms with E-state index >= 15 is 0 Å². The molecule has 0 bridgehead atoms. The largest absolute Gasteiger partial charge is 0.464 e. The van der Waals surface area contributed by atoms with Gasteiger partial charge in [0.25, 0.3) is 0 Å². The monoisotopic (exact) mass is 385 g/mol. The van der Waals surface area contributed by atoms with E-state index in [1.165, 1.54) is 18.9 Å². The lowest BCUT2D eigenvalue weighted by Crippen LogP contribution is -2.00. The molecule has 3 nitrogen and oxygen atoms in total. The van der Waals surface area contributed by atoms with Crippen LogP contribution in [0.3, 0.4) is 0 Å². The van der Waals surface area contributed by atoms with Gasteiger partial charge in [-0.15, -0.1) is 0 Å². The Morgan fingerprint density at radius 1 is 1.00 bits per heavy atom. The smallest absolute Gasteiger partial charge is 0.354 e. The zero-order valence-corrected chi connectivity index (χ0v) is 14.9. The lowest BCUT2D eigenvalue weighted by molar-refractivity contribution is 0.0595. The Balaban J connectivity index is 1.98. The number of ether oxygens (including phenoxy) is 1. The molecule has 3 rings (SSSR count). The van der Waals surface area contributed by atoms with Crippen molar-refractivity contribution in [3.63, 3.8) is 0 Å². The van der Waals surface area contributed by atoms with Gasteiger partial charge in [-0.3, -0.25) is 0 Å². The van der Waals surface area contributed by atoms with Gasteiger partial charge in [0.05, 0.1) is 22.2 Å². The Morgan fingerprint density at radius 2 is 1.74 bits per heavy atom. The molecule has 2 aromatic carbocycles. The number of aromatic nitrogens is 1. The topological polar surface area (TPSA) is 42.1 Å². The predicted molar refractivity (Wildman–Crippen MR) is 95.2 cm³/mol. The van der Waals surface area contributed by atoms with Crippen molar-refractivity contribution in [2.24, 2.45) is 0 Å². The minimum atomic E-state index is -0.434. The molecule has 0 aliphatic rings. The first kappa shape index (κ1) is 16.5. The third kappa shape index (κ3) is 3.45. The number of methoxy groups -OCH3 is 1. The summed E-state index contributed by atoms with van der Waals surface area (Å²) < 4.78 is 4.71. The lowest BCUT2D eigenvalue weighted by Gasteiger charge is -2.05. The molecule has 0 saturated heterocycles. The molecule has 3 aromatic rings. The Labute approximate surface area is 151 Å². The van der Waals surface area contributed by atoms with Gasteiger partial charge in [-0.1, -0.05) is 46.6 Å². The molecule has 0 unspecified atom stereocenters. The van der Waals surface area contributed by atoms with Gasteiger partial charge in [0, 0.05) is 20.7 Å². The Kier molecular flexibility index (Phi) is 4.78. The summed E-state index contributed by atoms with van der Waals surface area (Å²) in [6.07, 6.45) is 0. The fourth-order valence-electron chi connectivity index (χ4n) is 2.12. The average Bonchev–Trinajstić information content (AvgIpc) is 2.95. The number of hydrogen-bond acceptors (Lipinski definition) is 3. The molecule has 118 valence electrons. The van der Waals surface area contributed by atoms with E-state index in [9.17, 15) is 4.79 Å². The van der Waals surface area contributed by atoms with Gasteiger partial charge in [0.2, 0.25) is 0 Å². The van der Waals surface area contributed by atoms with Crippen LogP contribution >= 0.6 is 46.6 Å². The van der Waals surface area contributed by atoms with Crippen LogP contribution in [0.25, 0.3) is 10.9 Å². The second kappa shape index (κ2) is 6.65. The summed E-state index contributed by atoms with van der Waals surface area (Å²) in [6.45, 7) is 0. The van der Waals surface area contributed by atoms with Crippen LogP contribution in [-0.4, -0.2) is 18.1 Å². The molecule has 0 radical (unpaired) electrons. The fraction of sp³-hybridized carbons (Fsp3) is 0.0625. The van der Waals surface area contributed by atoms with Gasteiger partial charge in [-0.2, -0.15) is 0 Å². The second-order valence-corrected chi connectivity index (χ2v) is 7.09. The van der Waals surface area contributed by atoms with Gasteiger partial charge in [0.15, 0.2) is 0 Å². The average molecular weight is 387 g/mol. The number of rotatable bonds is 3. The normalized spacial score (nSPS) is 11.0. The number of aromatic amines is 1. The van der Waals surface area contributed by atoms with Crippen molar-refractivity contribution in [2.75, 3.05) is 7.11 Å². The van der Waals surface area contributed by atoms with Crippen LogP contribution in [0, 0.1) is 0 Å². The van der Waals surface area contributed by atoms with Crippen LogP contribution in [0.2, 0.25) is 15.1 Å². The van der Waals surface area contributed by atoms with Crippen LogP contribution in [-0.2, 0) is 4.74 Å². The summed E-state index contributed by atoms with van der Waals surface area (Å²) in [5, 5.41) is 2.33. The zero-order chi connectivity index (χ0) is 16.6. The van der Waals surface area contributed by atoms with Crippen molar-refractivity contribution in [1.82, 2.24) is 4.98 Å². The number of esters is 1. The number of carbonyl (C=O) groups is 1. The quantitative estimate of drug-likeness (QED) is 0.556. The number of nitrogens with one attached hydrogen (secondary N) is 1. The first-order valence-electron chi connectivity index (χ1n) is 6.51. The molecular weight excluding hydrogens is 377 g/mol. The molecule has 1 N–H and O–H groups in total. The molecular formula is C16H10Cl3NO2S. The Morgan fingerprint density at radius 3 is 2.43 bits per heavy atom. The highest BCUT2D eigenvalue weighted by molar-refractivity contribution is 7.99. The molecule has 0 saturated carbocycles. The highest BCUT2D eigenvalue weighted by Crippen LogP contribution is 2.36. The van der Waals surface area contributed by atoms with Crippen LogP contribution in [0.4, 0.5) is 0 Å². The van der Waals surface area contributed by atoms with E-state index in [0.717, 1.165) is 20.7 Å². The minimum absolute atomic E-state index is 0.362. The molecule has 1 heterocycles. The van der Waals surface area contributed by atoms with Crippen molar-refractivity contribution in [2.45, 2.75) is 9.79 Å². The van der Waals surface area contributed by atoms with E-state index in [1.807, 2.05) is 18.2 Å². The summed E-state index contributed by atoms with van der Waals surface area (Å²) in [7, 11) is 1.33. The summed E-state index contributed by atoms with van der Waals surface area (Å²) in [6, 6.07) is 10.9. The van der Waals surface area contributed by atoms with E-state index < -0.39 is 5.97 Å². The van der Waals surface area contributed by atoms with Crippen LogP contribution in [0.15, 0.2) is 46.2 Å². The van der Waals surface area contributed by atoms with Crippen molar-refractivity contribution in [3.8, 4) is 0 Å². The number of carbonyl (C=O) groups excluding carboxylic acids is 1. The first-order chi connectivity index (χ1) is 11.0. The highest BCUT2D eigenvalue weighted by Gasteiger charge is 2.13.